The maximum atomic E-state index is 11.3. The molecule has 0 heterocycles. The van der Waals surface area contributed by atoms with Crippen LogP contribution in [-0.2, 0) is 19.1 Å². The molecule has 0 spiro atoms. The zero-order valence-corrected chi connectivity index (χ0v) is 10.5. The number of carbonyl (C=O) groups excluding carboxylic acids is 2. The van der Waals surface area contributed by atoms with Crippen LogP contribution >= 0.6 is 0 Å². The lowest BCUT2D eigenvalue weighted by Gasteiger charge is -2.17. The van der Waals surface area contributed by atoms with Crippen molar-refractivity contribution in [3.63, 3.8) is 0 Å². The summed E-state index contributed by atoms with van der Waals surface area (Å²) in [5.41, 5.74) is 0. The number of rotatable bonds is 8. The molecule has 16 heavy (non-hydrogen) atoms. The minimum absolute atomic E-state index is 0.301. The van der Waals surface area contributed by atoms with Gasteiger partial charge in [0.05, 0.1) is 0 Å². The second-order valence-corrected chi connectivity index (χ2v) is 3.70. The Hall–Kier alpha value is -1.06. The summed E-state index contributed by atoms with van der Waals surface area (Å²) in [6.07, 6.45) is 2.87. The summed E-state index contributed by atoms with van der Waals surface area (Å²) >= 11 is 0. The first-order valence-corrected chi connectivity index (χ1v) is 6.02. The average Bonchev–Trinajstić information content (AvgIpc) is 2.18. The molecule has 94 valence electrons. The summed E-state index contributed by atoms with van der Waals surface area (Å²) in [6.45, 7) is 5.76. The Morgan fingerprint density at radius 1 is 0.875 bits per heavy atom. The van der Waals surface area contributed by atoms with Crippen molar-refractivity contribution in [3.8, 4) is 0 Å². The van der Waals surface area contributed by atoms with E-state index >= 15 is 0 Å². The van der Waals surface area contributed by atoms with Gasteiger partial charge in [-0.15, -0.1) is 0 Å². The number of hydrogen-bond acceptors (Lipinski definition) is 4. The van der Waals surface area contributed by atoms with Crippen molar-refractivity contribution in [2.24, 2.45) is 0 Å². The van der Waals surface area contributed by atoms with E-state index in [-0.39, 0.29) is 11.9 Å². The van der Waals surface area contributed by atoms with Crippen LogP contribution in [-0.4, -0.2) is 18.2 Å². The lowest BCUT2D eigenvalue weighted by molar-refractivity contribution is -0.189. The highest BCUT2D eigenvalue weighted by atomic mass is 16.7. The molecule has 0 bridgehead atoms. The van der Waals surface area contributed by atoms with E-state index in [1.165, 1.54) is 0 Å². The third-order valence-corrected chi connectivity index (χ3v) is 1.96. The molecule has 0 radical (unpaired) electrons. The molecule has 0 amide bonds. The molecule has 4 nitrogen and oxygen atoms in total. The van der Waals surface area contributed by atoms with Crippen LogP contribution in [0.1, 0.15) is 59.3 Å². The Morgan fingerprint density at radius 3 is 1.62 bits per heavy atom. The van der Waals surface area contributed by atoms with Gasteiger partial charge in [-0.3, -0.25) is 9.59 Å². The molecule has 0 saturated carbocycles. The van der Waals surface area contributed by atoms with Gasteiger partial charge < -0.3 is 9.47 Å². The van der Waals surface area contributed by atoms with Crippen molar-refractivity contribution in [2.45, 2.75) is 65.6 Å². The highest BCUT2D eigenvalue weighted by molar-refractivity contribution is 5.71. The van der Waals surface area contributed by atoms with Crippen molar-refractivity contribution in [1.29, 1.82) is 0 Å². The third-order valence-electron chi connectivity index (χ3n) is 1.96. The predicted molar refractivity (Wildman–Crippen MR) is 60.7 cm³/mol. The predicted octanol–water partition coefficient (Wildman–Crippen LogP) is 2.80. The largest absolute Gasteiger partial charge is 0.425 e. The Morgan fingerprint density at radius 2 is 1.31 bits per heavy atom. The standard InChI is InChI=1S/C12H22O4/c1-4-7-10(13)15-12(9-6-3)16-11(14)8-5-2/h12H,4-9H2,1-3H3. The number of esters is 2. The average molecular weight is 230 g/mol. The summed E-state index contributed by atoms with van der Waals surface area (Å²) < 4.78 is 10.1. The first-order valence-electron chi connectivity index (χ1n) is 6.02. The van der Waals surface area contributed by atoms with Crippen LogP contribution in [0.4, 0.5) is 0 Å². The molecule has 0 unspecified atom stereocenters. The number of carbonyl (C=O) groups is 2. The molecule has 0 aromatic carbocycles. The van der Waals surface area contributed by atoms with Crippen LogP contribution in [0.5, 0.6) is 0 Å². The zero-order valence-electron chi connectivity index (χ0n) is 10.5. The van der Waals surface area contributed by atoms with Crippen LogP contribution in [0.25, 0.3) is 0 Å². The van der Waals surface area contributed by atoms with E-state index in [4.69, 9.17) is 9.47 Å². The number of hydrogen-bond donors (Lipinski definition) is 0. The van der Waals surface area contributed by atoms with E-state index in [2.05, 4.69) is 0 Å². The van der Waals surface area contributed by atoms with Crippen molar-refractivity contribution < 1.29 is 19.1 Å². The molecule has 0 aromatic heterocycles. The van der Waals surface area contributed by atoms with Gasteiger partial charge in [0.2, 0.25) is 6.29 Å². The van der Waals surface area contributed by atoms with Gasteiger partial charge in [-0.2, -0.15) is 0 Å². The minimum Gasteiger partial charge on any atom is -0.425 e. The first kappa shape index (κ1) is 14.9. The summed E-state index contributed by atoms with van der Waals surface area (Å²) in [4.78, 5) is 22.5. The van der Waals surface area contributed by atoms with Crippen LogP contribution in [0, 0.1) is 0 Å². The lowest BCUT2D eigenvalue weighted by Crippen LogP contribution is -2.24. The Labute approximate surface area is 97.3 Å². The van der Waals surface area contributed by atoms with Crippen LogP contribution < -0.4 is 0 Å². The molecule has 0 fully saturated rings. The lowest BCUT2D eigenvalue weighted by atomic mass is 10.3. The highest BCUT2D eigenvalue weighted by Crippen LogP contribution is 2.08. The van der Waals surface area contributed by atoms with Crippen LogP contribution in [0.2, 0.25) is 0 Å². The van der Waals surface area contributed by atoms with Gasteiger partial charge in [0.15, 0.2) is 0 Å². The monoisotopic (exact) mass is 230 g/mol. The van der Waals surface area contributed by atoms with Gasteiger partial charge >= 0.3 is 11.9 Å². The molecule has 0 N–H and O–H groups in total. The summed E-state index contributed by atoms with van der Waals surface area (Å²) in [5.74, 6) is -0.601. The van der Waals surface area contributed by atoms with Crippen LogP contribution in [0.15, 0.2) is 0 Å². The molecule has 0 aliphatic rings. The van der Waals surface area contributed by atoms with E-state index in [1.807, 2.05) is 20.8 Å². The smallest absolute Gasteiger partial charge is 0.308 e. The van der Waals surface area contributed by atoms with E-state index in [1.54, 1.807) is 0 Å². The summed E-state index contributed by atoms with van der Waals surface area (Å²) in [7, 11) is 0. The second kappa shape index (κ2) is 9.19. The van der Waals surface area contributed by atoms with E-state index in [0.717, 1.165) is 19.3 Å². The topological polar surface area (TPSA) is 52.6 Å². The van der Waals surface area contributed by atoms with Crippen molar-refractivity contribution in [3.05, 3.63) is 0 Å². The van der Waals surface area contributed by atoms with Gasteiger partial charge in [0.1, 0.15) is 0 Å². The molecular formula is C12H22O4. The third kappa shape index (κ3) is 7.26. The van der Waals surface area contributed by atoms with Crippen LogP contribution in [0.3, 0.4) is 0 Å². The molecule has 4 heteroatoms. The zero-order chi connectivity index (χ0) is 12.4. The fourth-order valence-corrected chi connectivity index (χ4v) is 1.20. The van der Waals surface area contributed by atoms with Gasteiger partial charge in [0.25, 0.3) is 0 Å². The summed E-state index contributed by atoms with van der Waals surface area (Å²) in [5, 5.41) is 0. The summed E-state index contributed by atoms with van der Waals surface area (Å²) in [6, 6.07) is 0. The van der Waals surface area contributed by atoms with E-state index in [9.17, 15) is 9.59 Å². The molecule has 0 rings (SSSR count). The molecule has 0 aliphatic heterocycles. The Balaban J connectivity index is 4.05. The first-order chi connectivity index (χ1) is 7.63. The fraction of sp³-hybridized carbons (Fsp3) is 0.833. The SMILES string of the molecule is CCCC(=O)OC(CCC)OC(=O)CCC. The van der Waals surface area contributed by atoms with Gasteiger partial charge in [-0.25, -0.2) is 0 Å². The second-order valence-electron chi connectivity index (χ2n) is 3.70. The fourth-order valence-electron chi connectivity index (χ4n) is 1.20. The molecular weight excluding hydrogens is 208 g/mol. The molecule has 0 aromatic rings. The Bertz CT molecular complexity index is 193. The quantitative estimate of drug-likeness (QED) is 0.475. The van der Waals surface area contributed by atoms with Crippen molar-refractivity contribution in [1.82, 2.24) is 0 Å². The van der Waals surface area contributed by atoms with Gasteiger partial charge in [0, 0.05) is 19.3 Å². The molecule has 0 saturated heterocycles. The number of ether oxygens (including phenoxy) is 2. The maximum absolute atomic E-state index is 11.3. The highest BCUT2D eigenvalue weighted by Gasteiger charge is 2.17. The van der Waals surface area contributed by atoms with Gasteiger partial charge in [-0.05, 0) is 19.3 Å². The molecule has 0 aliphatic carbocycles. The van der Waals surface area contributed by atoms with E-state index in [0.29, 0.717) is 19.3 Å². The van der Waals surface area contributed by atoms with Gasteiger partial charge in [-0.1, -0.05) is 20.8 Å². The molecule has 0 atom stereocenters. The van der Waals surface area contributed by atoms with Crippen molar-refractivity contribution >= 4 is 11.9 Å². The normalized spacial score (nSPS) is 10.2. The Kier molecular flexibility index (Phi) is 8.58. The minimum atomic E-state index is -0.705. The maximum Gasteiger partial charge on any atom is 0.308 e. The van der Waals surface area contributed by atoms with Crippen molar-refractivity contribution in [2.75, 3.05) is 0 Å². The van der Waals surface area contributed by atoms with E-state index < -0.39 is 6.29 Å².